The number of rotatable bonds is 7. The first-order valence-electron chi connectivity index (χ1n) is 16.2. The molecule has 0 bridgehead atoms. The van der Waals surface area contributed by atoms with Gasteiger partial charge >= 0.3 is 0 Å². The van der Waals surface area contributed by atoms with Gasteiger partial charge < -0.3 is 20.4 Å². The molecule has 0 aliphatic heterocycles. The summed E-state index contributed by atoms with van der Waals surface area (Å²) in [5.41, 5.74) is 12.1. The van der Waals surface area contributed by atoms with Crippen molar-refractivity contribution in [1.82, 2.24) is 0 Å². The van der Waals surface area contributed by atoms with E-state index in [4.69, 9.17) is 10.8 Å². The zero-order valence-corrected chi connectivity index (χ0v) is 27.1. The fourth-order valence-corrected chi connectivity index (χ4v) is 6.26. The van der Waals surface area contributed by atoms with Crippen LogP contribution in [0.25, 0.3) is 6.08 Å². The summed E-state index contributed by atoms with van der Waals surface area (Å²) < 4.78 is 0. The lowest BCUT2D eigenvalue weighted by Gasteiger charge is -2.26. The first kappa shape index (κ1) is 31.6. The van der Waals surface area contributed by atoms with Gasteiger partial charge in [0.1, 0.15) is 0 Å². The SMILES string of the molecule is CCN(C(=N)Nc1cccc2c1CCC2)c1ccccc1C.CCc1cccc(N(CC)C(=N)Nc2cccc3c2C=CC3)c1. The third-order valence-corrected chi connectivity index (χ3v) is 8.68. The van der Waals surface area contributed by atoms with Gasteiger partial charge in [0.25, 0.3) is 0 Å². The Morgan fingerprint density at radius 3 is 2.18 bits per heavy atom. The van der Waals surface area contributed by atoms with E-state index in [1.807, 2.05) is 28.0 Å². The highest BCUT2D eigenvalue weighted by molar-refractivity contribution is 6.05. The van der Waals surface area contributed by atoms with Gasteiger partial charge in [-0.25, -0.2) is 0 Å². The average Bonchev–Trinajstić information content (AvgIpc) is 3.74. The van der Waals surface area contributed by atoms with E-state index in [2.05, 4.69) is 117 Å². The van der Waals surface area contributed by atoms with Crippen LogP contribution in [0.2, 0.25) is 0 Å². The third-order valence-electron chi connectivity index (χ3n) is 8.68. The smallest absolute Gasteiger partial charge is 0.200 e. The molecule has 2 aliphatic rings. The summed E-state index contributed by atoms with van der Waals surface area (Å²) in [7, 11) is 0. The molecule has 0 saturated carbocycles. The van der Waals surface area contributed by atoms with E-state index < -0.39 is 0 Å². The van der Waals surface area contributed by atoms with E-state index in [1.165, 1.54) is 39.8 Å². The van der Waals surface area contributed by atoms with Gasteiger partial charge in [-0.1, -0.05) is 73.7 Å². The second-order valence-electron chi connectivity index (χ2n) is 11.5. The highest BCUT2D eigenvalue weighted by atomic mass is 15.3. The number of nitrogens with zero attached hydrogens (tertiary/aromatic N) is 2. The summed E-state index contributed by atoms with van der Waals surface area (Å²) in [6, 6.07) is 29.3. The Hall–Kier alpha value is -4.84. The van der Waals surface area contributed by atoms with Crippen molar-refractivity contribution in [1.29, 1.82) is 10.8 Å². The van der Waals surface area contributed by atoms with Crippen LogP contribution in [-0.4, -0.2) is 25.0 Å². The molecule has 6 nitrogen and oxygen atoms in total. The van der Waals surface area contributed by atoms with Crippen LogP contribution in [0, 0.1) is 17.7 Å². The predicted octanol–water partition coefficient (Wildman–Crippen LogP) is 9.05. The Morgan fingerprint density at radius 1 is 0.733 bits per heavy atom. The summed E-state index contributed by atoms with van der Waals surface area (Å²) in [5.74, 6) is 0.853. The molecule has 4 aromatic rings. The largest absolute Gasteiger partial charge is 0.326 e. The van der Waals surface area contributed by atoms with Crippen LogP contribution >= 0.6 is 0 Å². The molecule has 2 aliphatic carbocycles. The Morgan fingerprint density at radius 2 is 1.42 bits per heavy atom. The highest BCUT2D eigenvalue weighted by Gasteiger charge is 2.18. The lowest BCUT2D eigenvalue weighted by Crippen LogP contribution is -2.36. The zero-order chi connectivity index (χ0) is 31.8. The molecule has 6 heteroatoms. The summed E-state index contributed by atoms with van der Waals surface area (Å²) >= 11 is 0. The standard InChI is InChI=1S/C20H23N3.C19H23N3/c1-3-15-8-5-11-17(14-15)23(4-2)20(21)22-19-13-7-10-16-9-6-12-18(16)19;1-3-22(18-13-5-4-8-14(18)2)19(20)21-17-12-7-10-15-9-6-11-16(15)17/h5-8,10-14H,3-4,9H2,1-2H3,(H2,21,22);4-5,7-8,10,12-13H,3,6,9,11H2,1-2H3,(H2,20,21). The minimum atomic E-state index is 0.412. The van der Waals surface area contributed by atoms with Gasteiger partial charge in [0.15, 0.2) is 11.9 Å². The maximum Gasteiger partial charge on any atom is 0.200 e. The van der Waals surface area contributed by atoms with Gasteiger partial charge in [-0.2, -0.15) is 0 Å². The average molecular weight is 599 g/mol. The topological polar surface area (TPSA) is 78.2 Å². The normalized spacial score (nSPS) is 12.4. The van der Waals surface area contributed by atoms with Crippen molar-refractivity contribution in [2.45, 2.75) is 59.8 Å². The second-order valence-corrected chi connectivity index (χ2v) is 11.5. The number of anilines is 4. The van der Waals surface area contributed by atoms with Crippen molar-refractivity contribution < 1.29 is 0 Å². The number of guanidine groups is 2. The first-order valence-corrected chi connectivity index (χ1v) is 16.2. The van der Waals surface area contributed by atoms with Crippen LogP contribution in [0.15, 0.2) is 91.0 Å². The lowest BCUT2D eigenvalue weighted by molar-refractivity contribution is 0.912. The minimum Gasteiger partial charge on any atom is -0.326 e. The Balaban J connectivity index is 0.000000178. The van der Waals surface area contributed by atoms with Crippen LogP contribution in [0.3, 0.4) is 0 Å². The maximum absolute atomic E-state index is 8.50. The van der Waals surface area contributed by atoms with Gasteiger partial charge in [-0.05, 0) is 111 Å². The van der Waals surface area contributed by atoms with Crippen molar-refractivity contribution in [3.05, 3.63) is 124 Å². The van der Waals surface area contributed by atoms with Crippen LogP contribution < -0.4 is 20.4 Å². The lowest BCUT2D eigenvalue weighted by atomic mass is 10.1. The van der Waals surface area contributed by atoms with Gasteiger partial charge in [0, 0.05) is 41.4 Å². The quantitative estimate of drug-likeness (QED) is 0.126. The molecule has 232 valence electrons. The van der Waals surface area contributed by atoms with Crippen molar-refractivity contribution in [2.24, 2.45) is 0 Å². The molecule has 0 aromatic heterocycles. The maximum atomic E-state index is 8.50. The van der Waals surface area contributed by atoms with Crippen LogP contribution in [0.4, 0.5) is 22.7 Å². The molecule has 0 radical (unpaired) electrons. The van der Waals surface area contributed by atoms with E-state index in [0.29, 0.717) is 11.9 Å². The van der Waals surface area contributed by atoms with E-state index in [1.54, 1.807) is 0 Å². The number of para-hydroxylation sites is 1. The van der Waals surface area contributed by atoms with Crippen LogP contribution in [0.5, 0.6) is 0 Å². The predicted molar refractivity (Wildman–Crippen MR) is 193 cm³/mol. The number of allylic oxidation sites excluding steroid dienone is 1. The molecular formula is C39H46N6. The summed E-state index contributed by atoms with van der Waals surface area (Å²) in [4.78, 5) is 4.01. The molecule has 0 atom stereocenters. The molecule has 0 amide bonds. The number of nitrogens with one attached hydrogen (secondary N) is 4. The van der Waals surface area contributed by atoms with Gasteiger partial charge in [0.05, 0.1) is 0 Å². The van der Waals surface area contributed by atoms with Crippen molar-refractivity contribution in [3.8, 4) is 0 Å². The highest BCUT2D eigenvalue weighted by Crippen LogP contribution is 2.30. The molecule has 0 unspecified atom stereocenters. The van der Waals surface area contributed by atoms with E-state index in [-0.39, 0.29) is 0 Å². The molecule has 6 rings (SSSR count). The number of hydrogen-bond donors (Lipinski definition) is 4. The summed E-state index contributed by atoms with van der Waals surface area (Å²) in [6.45, 7) is 9.92. The molecule has 4 aromatic carbocycles. The van der Waals surface area contributed by atoms with Crippen molar-refractivity contribution in [2.75, 3.05) is 33.5 Å². The third kappa shape index (κ3) is 7.28. The van der Waals surface area contributed by atoms with Gasteiger partial charge in [-0.15, -0.1) is 0 Å². The molecular weight excluding hydrogens is 552 g/mol. The summed E-state index contributed by atoms with van der Waals surface area (Å²) in [6.07, 6.45) is 9.78. The Kier molecular flexibility index (Phi) is 10.4. The van der Waals surface area contributed by atoms with Crippen LogP contribution in [0.1, 0.15) is 60.6 Å². The molecule has 0 fully saturated rings. The molecule has 0 saturated heterocycles. The number of fused-ring (bicyclic) bond motifs is 2. The first-order chi connectivity index (χ1) is 21.9. The monoisotopic (exact) mass is 598 g/mol. The fraction of sp³-hybridized carbons (Fsp3) is 0.282. The van der Waals surface area contributed by atoms with Gasteiger partial charge in [-0.3, -0.25) is 10.8 Å². The van der Waals surface area contributed by atoms with E-state index in [9.17, 15) is 0 Å². The second kappa shape index (κ2) is 14.8. The molecule has 0 heterocycles. The molecule has 0 spiro atoms. The van der Waals surface area contributed by atoms with Crippen molar-refractivity contribution >= 4 is 40.7 Å². The number of hydrogen-bond acceptors (Lipinski definition) is 2. The zero-order valence-electron chi connectivity index (χ0n) is 27.1. The van der Waals surface area contributed by atoms with Gasteiger partial charge in [0.2, 0.25) is 0 Å². The molecule has 45 heavy (non-hydrogen) atoms. The Labute approximate surface area is 268 Å². The molecule has 4 N–H and O–H groups in total. The summed E-state index contributed by atoms with van der Waals surface area (Å²) in [5, 5.41) is 23.6. The fourth-order valence-electron chi connectivity index (χ4n) is 6.26. The number of aryl methyl sites for hydroxylation is 3. The van der Waals surface area contributed by atoms with E-state index >= 15 is 0 Å². The van der Waals surface area contributed by atoms with Crippen molar-refractivity contribution in [3.63, 3.8) is 0 Å². The minimum absolute atomic E-state index is 0.412. The Bertz CT molecular complexity index is 1690. The van der Waals surface area contributed by atoms with Crippen LogP contribution in [-0.2, 0) is 25.7 Å². The van der Waals surface area contributed by atoms with E-state index in [0.717, 1.165) is 61.5 Å². The number of benzene rings is 4.